The molecule has 0 fully saturated rings. The lowest BCUT2D eigenvalue weighted by Gasteiger charge is -2.11. The Morgan fingerprint density at radius 1 is 1.13 bits per heavy atom. The topological polar surface area (TPSA) is 103 Å². The van der Waals surface area contributed by atoms with Crippen LogP contribution in [0.1, 0.15) is 21.5 Å². The van der Waals surface area contributed by atoms with Crippen molar-refractivity contribution in [3.63, 3.8) is 0 Å². The molecule has 0 atom stereocenters. The number of rotatable bonds is 8. The summed E-state index contributed by atoms with van der Waals surface area (Å²) in [6, 6.07) is 17.9. The van der Waals surface area contributed by atoms with Gasteiger partial charge in [-0.15, -0.1) is 0 Å². The van der Waals surface area contributed by atoms with E-state index in [4.69, 9.17) is 21.1 Å². The molecule has 0 aromatic heterocycles. The monoisotopic (exact) mass is 439 g/mol. The Morgan fingerprint density at radius 2 is 1.90 bits per heavy atom. The van der Waals surface area contributed by atoms with Crippen LogP contribution in [-0.4, -0.2) is 24.2 Å². The summed E-state index contributed by atoms with van der Waals surface area (Å²) in [7, 11) is 1.54. The highest BCUT2D eigenvalue weighted by molar-refractivity contribution is 6.30. The summed E-state index contributed by atoms with van der Waals surface area (Å²) >= 11 is 5.89. The molecule has 0 saturated carbocycles. The third-order valence-corrected chi connectivity index (χ3v) is 4.45. The van der Waals surface area contributed by atoms with Gasteiger partial charge in [0.2, 0.25) is 0 Å². The van der Waals surface area contributed by atoms with E-state index < -0.39 is 10.8 Å². The zero-order valence-corrected chi connectivity index (χ0v) is 17.2. The Kier molecular flexibility index (Phi) is 7.18. The zero-order chi connectivity index (χ0) is 22.2. The van der Waals surface area contributed by atoms with E-state index in [1.54, 1.807) is 30.3 Å². The molecule has 0 unspecified atom stereocenters. The number of nitro benzene ring substituents is 1. The number of methoxy groups -OCH3 is 1. The molecule has 8 nitrogen and oxygen atoms in total. The molecule has 3 rings (SSSR count). The summed E-state index contributed by atoms with van der Waals surface area (Å²) in [5.74, 6) is 0.492. The van der Waals surface area contributed by atoms with E-state index in [1.807, 2.05) is 12.1 Å². The van der Waals surface area contributed by atoms with E-state index in [2.05, 4.69) is 10.5 Å². The van der Waals surface area contributed by atoms with Crippen molar-refractivity contribution in [3.05, 3.63) is 98.6 Å². The van der Waals surface area contributed by atoms with E-state index >= 15 is 0 Å². The Bertz CT molecular complexity index is 1120. The van der Waals surface area contributed by atoms with E-state index in [1.165, 1.54) is 37.6 Å². The van der Waals surface area contributed by atoms with Crippen molar-refractivity contribution >= 4 is 29.4 Å². The number of amides is 1. The molecule has 3 aromatic rings. The van der Waals surface area contributed by atoms with Gasteiger partial charge in [-0.3, -0.25) is 14.9 Å². The zero-order valence-electron chi connectivity index (χ0n) is 16.4. The van der Waals surface area contributed by atoms with Gasteiger partial charge >= 0.3 is 0 Å². The van der Waals surface area contributed by atoms with Gasteiger partial charge in [0.25, 0.3) is 11.6 Å². The molecule has 0 spiro atoms. The quantitative estimate of drug-likeness (QED) is 0.314. The molecule has 1 amide bonds. The first-order valence-electron chi connectivity index (χ1n) is 9.09. The van der Waals surface area contributed by atoms with Gasteiger partial charge in [0.15, 0.2) is 11.5 Å². The summed E-state index contributed by atoms with van der Waals surface area (Å²) in [6.45, 7) is 0.317. The molecule has 31 heavy (non-hydrogen) atoms. The predicted molar refractivity (Wildman–Crippen MR) is 117 cm³/mol. The van der Waals surface area contributed by atoms with Gasteiger partial charge in [-0.05, 0) is 47.5 Å². The number of benzene rings is 3. The molecular weight excluding hydrogens is 422 g/mol. The maximum atomic E-state index is 12.2. The van der Waals surface area contributed by atoms with Crippen LogP contribution < -0.4 is 14.9 Å². The van der Waals surface area contributed by atoms with Crippen LogP contribution in [0.2, 0.25) is 5.02 Å². The second kappa shape index (κ2) is 10.2. The number of halogens is 1. The van der Waals surface area contributed by atoms with Gasteiger partial charge in [-0.25, -0.2) is 5.43 Å². The molecule has 1 N–H and O–H groups in total. The van der Waals surface area contributed by atoms with Gasteiger partial charge in [-0.1, -0.05) is 29.8 Å². The number of non-ortho nitro benzene ring substituents is 1. The molecule has 0 aliphatic heterocycles. The number of nitrogens with one attached hydrogen (secondary N) is 1. The van der Waals surface area contributed by atoms with Gasteiger partial charge in [0.05, 0.1) is 18.2 Å². The average Bonchev–Trinajstić information content (AvgIpc) is 2.78. The van der Waals surface area contributed by atoms with Crippen LogP contribution >= 0.6 is 11.6 Å². The van der Waals surface area contributed by atoms with Gasteiger partial charge in [-0.2, -0.15) is 5.10 Å². The van der Waals surface area contributed by atoms with Crippen molar-refractivity contribution in [2.45, 2.75) is 6.61 Å². The summed E-state index contributed by atoms with van der Waals surface area (Å²) in [5, 5.41) is 15.4. The number of ether oxygens (including phenoxy) is 2. The molecule has 0 bridgehead atoms. The number of nitro groups is 1. The molecule has 9 heteroatoms. The van der Waals surface area contributed by atoms with E-state index in [0.717, 1.165) is 5.56 Å². The number of nitrogens with zero attached hydrogens (tertiary/aromatic N) is 2. The number of hydrogen-bond donors (Lipinski definition) is 1. The minimum atomic E-state index is -0.566. The first kappa shape index (κ1) is 21.8. The summed E-state index contributed by atoms with van der Waals surface area (Å²) in [4.78, 5) is 22.4. The van der Waals surface area contributed by atoms with E-state index in [-0.39, 0.29) is 11.3 Å². The van der Waals surface area contributed by atoms with Crippen LogP contribution in [0.4, 0.5) is 5.69 Å². The van der Waals surface area contributed by atoms with Crippen molar-refractivity contribution in [3.8, 4) is 11.5 Å². The minimum absolute atomic E-state index is 0.132. The fourth-order valence-corrected chi connectivity index (χ4v) is 2.74. The van der Waals surface area contributed by atoms with Crippen molar-refractivity contribution in [1.29, 1.82) is 0 Å². The largest absolute Gasteiger partial charge is 0.493 e. The lowest BCUT2D eigenvalue weighted by atomic mass is 10.2. The molecule has 0 aliphatic rings. The normalized spacial score (nSPS) is 10.6. The highest BCUT2D eigenvalue weighted by Crippen LogP contribution is 2.28. The fraction of sp³-hybridized carbons (Fsp3) is 0.0909. The third-order valence-electron chi connectivity index (χ3n) is 4.19. The Balaban J connectivity index is 1.67. The minimum Gasteiger partial charge on any atom is -0.493 e. The highest BCUT2D eigenvalue weighted by atomic mass is 35.5. The van der Waals surface area contributed by atoms with Crippen LogP contribution in [0.3, 0.4) is 0 Å². The molecular formula is C22H18ClN3O5. The van der Waals surface area contributed by atoms with Crippen LogP contribution in [0.25, 0.3) is 0 Å². The molecule has 0 saturated heterocycles. The SMILES string of the molecule is COc1ccc(/C=N/NC(=O)c2cccc([N+](=O)[O-])c2)cc1OCc1ccc(Cl)cc1. The van der Waals surface area contributed by atoms with E-state index in [0.29, 0.717) is 28.7 Å². The van der Waals surface area contributed by atoms with Gasteiger partial charge in [0, 0.05) is 22.7 Å². The smallest absolute Gasteiger partial charge is 0.271 e. The Labute approximate surface area is 183 Å². The highest BCUT2D eigenvalue weighted by Gasteiger charge is 2.11. The number of carbonyl (C=O) groups is 1. The van der Waals surface area contributed by atoms with Gasteiger partial charge < -0.3 is 9.47 Å². The molecule has 158 valence electrons. The summed E-state index contributed by atoms with van der Waals surface area (Å²) < 4.78 is 11.2. The third kappa shape index (κ3) is 6.03. The fourth-order valence-electron chi connectivity index (χ4n) is 2.62. The lowest BCUT2D eigenvalue weighted by molar-refractivity contribution is -0.384. The second-order valence-electron chi connectivity index (χ2n) is 6.33. The Morgan fingerprint density at radius 3 is 2.61 bits per heavy atom. The van der Waals surface area contributed by atoms with Crippen LogP contribution in [0.5, 0.6) is 11.5 Å². The molecule has 0 aliphatic carbocycles. The lowest BCUT2D eigenvalue weighted by Crippen LogP contribution is -2.17. The second-order valence-corrected chi connectivity index (χ2v) is 6.77. The molecule has 3 aromatic carbocycles. The first-order chi connectivity index (χ1) is 15.0. The van der Waals surface area contributed by atoms with Crippen molar-refractivity contribution in [1.82, 2.24) is 5.43 Å². The van der Waals surface area contributed by atoms with Crippen molar-refractivity contribution in [2.75, 3.05) is 7.11 Å². The van der Waals surface area contributed by atoms with Crippen LogP contribution in [0, 0.1) is 10.1 Å². The maximum absolute atomic E-state index is 12.2. The predicted octanol–water partition coefficient (Wildman–Crippen LogP) is 4.60. The standard InChI is InChI=1S/C22H18ClN3O5/c1-30-20-10-7-16(11-21(20)31-14-15-5-8-18(23)9-6-15)13-24-25-22(27)17-3-2-4-19(12-17)26(28)29/h2-13H,14H2,1H3,(H,25,27)/b24-13+. The van der Waals surface area contributed by atoms with Crippen LogP contribution in [0.15, 0.2) is 71.8 Å². The first-order valence-corrected chi connectivity index (χ1v) is 9.47. The number of carbonyl (C=O) groups excluding carboxylic acids is 1. The van der Waals surface area contributed by atoms with Crippen molar-refractivity contribution in [2.24, 2.45) is 5.10 Å². The molecule has 0 radical (unpaired) electrons. The molecule has 0 heterocycles. The number of hydrogen-bond acceptors (Lipinski definition) is 6. The van der Waals surface area contributed by atoms with E-state index in [9.17, 15) is 14.9 Å². The number of hydrazone groups is 1. The van der Waals surface area contributed by atoms with Crippen molar-refractivity contribution < 1.29 is 19.2 Å². The summed E-state index contributed by atoms with van der Waals surface area (Å²) in [6.07, 6.45) is 1.43. The summed E-state index contributed by atoms with van der Waals surface area (Å²) in [5.41, 5.74) is 3.91. The van der Waals surface area contributed by atoms with Gasteiger partial charge in [0.1, 0.15) is 6.61 Å². The van der Waals surface area contributed by atoms with Crippen LogP contribution in [-0.2, 0) is 6.61 Å². The average molecular weight is 440 g/mol. The maximum Gasteiger partial charge on any atom is 0.271 e. The Hall–Kier alpha value is -3.91.